The Balaban J connectivity index is 1.32. The molecule has 0 amide bonds. The second-order valence-electron chi connectivity index (χ2n) is 11.6. The third-order valence-corrected chi connectivity index (χ3v) is 9.79. The predicted molar refractivity (Wildman–Crippen MR) is 202 cm³/mol. The summed E-state index contributed by atoms with van der Waals surface area (Å²) in [5, 5.41) is 3.15. The molecule has 0 aliphatic carbocycles. The van der Waals surface area contributed by atoms with Crippen LogP contribution in [0.3, 0.4) is 0 Å². The second-order valence-corrected chi connectivity index (χ2v) is 12.6. The van der Waals surface area contributed by atoms with Gasteiger partial charge in [0.2, 0.25) is 0 Å². The minimum absolute atomic E-state index is 0.876. The first-order chi connectivity index (χ1) is 23.8. The van der Waals surface area contributed by atoms with Gasteiger partial charge in [-0.1, -0.05) is 91.0 Å². The molecule has 0 bridgehead atoms. The van der Waals surface area contributed by atoms with Gasteiger partial charge in [0.1, 0.15) is 21.7 Å². The maximum absolute atomic E-state index is 6.17. The van der Waals surface area contributed by atoms with E-state index in [9.17, 15) is 0 Å². The molecule has 0 unspecified atom stereocenters. The minimum atomic E-state index is 0.876. The highest BCUT2D eigenvalue weighted by Crippen LogP contribution is 2.48. The summed E-state index contributed by atoms with van der Waals surface area (Å²) in [6, 6.07) is 61.2. The van der Waals surface area contributed by atoms with Gasteiger partial charge in [-0.2, -0.15) is 0 Å². The maximum Gasteiger partial charge on any atom is 0.135 e. The highest BCUT2D eigenvalue weighted by atomic mass is 32.1. The zero-order chi connectivity index (χ0) is 31.9. The third kappa shape index (κ3) is 4.89. The van der Waals surface area contributed by atoms with Crippen LogP contribution in [0.5, 0.6) is 0 Å². The Morgan fingerprint density at radius 2 is 0.917 bits per heavy atom. The SMILES string of the molecule is c1ccc(N(c2ccccc2)c2ccc(N(c3ccccc3)c3ccccc3)c3sc(-c4ccc5oc6ccccc6c5c4)nc23)cc1. The molecule has 0 aliphatic heterocycles. The normalized spacial score (nSPS) is 11.3. The topological polar surface area (TPSA) is 32.5 Å². The quantitative estimate of drug-likeness (QED) is 0.174. The standard InChI is InChI=1S/C43H29N3OS/c1-5-15-31(16-6-1)45(32-17-7-2-8-18-32)37-26-27-38(46(33-19-9-3-10-20-33)34-21-11-4-12-22-34)42-41(37)44-43(48-42)30-25-28-40-36(29-30)35-23-13-14-24-39(35)47-40/h1-29H. The van der Waals surface area contributed by atoms with Gasteiger partial charge < -0.3 is 14.2 Å². The number of hydrogen-bond acceptors (Lipinski definition) is 5. The van der Waals surface area contributed by atoms with Crippen LogP contribution in [-0.2, 0) is 0 Å². The van der Waals surface area contributed by atoms with Gasteiger partial charge in [0.25, 0.3) is 0 Å². The van der Waals surface area contributed by atoms with Gasteiger partial charge in [-0.3, -0.25) is 0 Å². The Bertz CT molecular complexity index is 2310. The largest absolute Gasteiger partial charge is 0.456 e. The first kappa shape index (κ1) is 28.1. The molecule has 0 atom stereocenters. The number of furan rings is 1. The summed E-state index contributed by atoms with van der Waals surface area (Å²) >= 11 is 1.72. The number of anilines is 6. The summed E-state index contributed by atoms with van der Waals surface area (Å²) in [5.74, 6) is 0. The monoisotopic (exact) mass is 635 g/mol. The molecule has 0 aliphatic rings. The molecule has 2 heterocycles. The Hall–Kier alpha value is -6.17. The van der Waals surface area contributed by atoms with Crippen LogP contribution in [0.1, 0.15) is 0 Å². The van der Waals surface area contributed by atoms with Crippen LogP contribution in [0.4, 0.5) is 34.1 Å². The van der Waals surface area contributed by atoms with Crippen LogP contribution in [0.15, 0.2) is 180 Å². The summed E-state index contributed by atoms with van der Waals surface area (Å²) in [5.41, 5.74) is 10.2. The number of thiazole rings is 1. The second kappa shape index (κ2) is 11.9. The van der Waals surface area contributed by atoms with Crippen molar-refractivity contribution in [3.63, 3.8) is 0 Å². The van der Waals surface area contributed by atoms with E-state index in [1.807, 2.05) is 12.1 Å². The third-order valence-electron chi connectivity index (χ3n) is 8.66. The molecule has 0 spiro atoms. The van der Waals surface area contributed by atoms with Crippen LogP contribution in [-0.4, -0.2) is 4.98 Å². The lowest BCUT2D eigenvalue weighted by Gasteiger charge is -2.29. The maximum atomic E-state index is 6.17. The number of aromatic nitrogens is 1. The molecule has 0 fully saturated rings. The lowest BCUT2D eigenvalue weighted by Crippen LogP contribution is -2.12. The van der Waals surface area contributed by atoms with Gasteiger partial charge in [-0.05, 0) is 84.9 Å². The average Bonchev–Trinajstić information content (AvgIpc) is 3.77. The fraction of sp³-hybridized carbons (Fsp3) is 0. The molecular weight excluding hydrogens is 607 g/mol. The van der Waals surface area contributed by atoms with Gasteiger partial charge in [-0.25, -0.2) is 4.98 Å². The first-order valence-electron chi connectivity index (χ1n) is 16.0. The molecule has 2 aromatic heterocycles. The fourth-order valence-corrected chi connectivity index (χ4v) is 7.57. The number of nitrogens with zero attached hydrogens (tertiary/aromatic N) is 3. The van der Waals surface area contributed by atoms with Crippen molar-refractivity contribution in [2.45, 2.75) is 0 Å². The Labute approximate surface area is 282 Å². The number of para-hydroxylation sites is 5. The summed E-state index contributed by atoms with van der Waals surface area (Å²) in [7, 11) is 0. The molecule has 5 heteroatoms. The van der Waals surface area contributed by atoms with E-state index in [0.717, 1.165) is 76.9 Å². The van der Waals surface area contributed by atoms with Gasteiger partial charge in [0.05, 0.1) is 16.1 Å². The molecule has 0 radical (unpaired) electrons. The highest BCUT2D eigenvalue weighted by Gasteiger charge is 2.24. The van der Waals surface area contributed by atoms with Gasteiger partial charge in [0, 0.05) is 39.1 Å². The van der Waals surface area contributed by atoms with Crippen molar-refractivity contribution in [1.29, 1.82) is 0 Å². The fourth-order valence-electron chi connectivity index (χ4n) is 6.48. The van der Waals surface area contributed by atoms with E-state index < -0.39 is 0 Å². The van der Waals surface area contributed by atoms with Crippen molar-refractivity contribution in [2.24, 2.45) is 0 Å². The van der Waals surface area contributed by atoms with Gasteiger partial charge in [-0.15, -0.1) is 11.3 Å². The van der Waals surface area contributed by atoms with E-state index >= 15 is 0 Å². The molecule has 7 aromatic carbocycles. The van der Waals surface area contributed by atoms with E-state index in [1.54, 1.807) is 11.3 Å². The smallest absolute Gasteiger partial charge is 0.135 e. The first-order valence-corrected chi connectivity index (χ1v) is 16.8. The molecule has 0 saturated carbocycles. The van der Waals surface area contributed by atoms with Crippen LogP contribution < -0.4 is 9.80 Å². The minimum Gasteiger partial charge on any atom is -0.456 e. The van der Waals surface area contributed by atoms with E-state index in [4.69, 9.17) is 9.40 Å². The van der Waals surface area contributed by atoms with Crippen LogP contribution in [0, 0.1) is 0 Å². The van der Waals surface area contributed by atoms with E-state index in [2.05, 4.69) is 174 Å². The number of rotatable bonds is 7. The molecule has 48 heavy (non-hydrogen) atoms. The van der Waals surface area contributed by atoms with E-state index in [1.165, 1.54) is 0 Å². The Kier molecular flexibility index (Phi) is 6.95. The van der Waals surface area contributed by atoms with Gasteiger partial charge in [0.15, 0.2) is 0 Å². The van der Waals surface area contributed by atoms with Crippen molar-refractivity contribution in [1.82, 2.24) is 4.98 Å². The van der Waals surface area contributed by atoms with Crippen molar-refractivity contribution >= 4 is 77.6 Å². The zero-order valence-corrected chi connectivity index (χ0v) is 26.7. The molecule has 0 N–H and O–H groups in total. The number of fused-ring (bicyclic) bond motifs is 4. The van der Waals surface area contributed by atoms with Crippen molar-refractivity contribution < 1.29 is 4.42 Å². The average molecular weight is 636 g/mol. The highest BCUT2D eigenvalue weighted by molar-refractivity contribution is 7.22. The van der Waals surface area contributed by atoms with Crippen molar-refractivity contribution in [3.05, 3.63) is 176 Å². The van der Waals surface area contributed by atoms with Crippen LogP contribution in [0.2, 0.25) is 0 Å². The number of benzene rings is 7. The molecule has 9 rings (SSSR count). The van der Waals surface area contributed by atoms with Crippen LogP contribution in [0.25, 0.3) is 42.7 Å². The Morgan fingerprint density at radius 1 is 0.438 bits per heavy atom. The summed E-state index contributed by atoms with van der Waals surface area (Å²) < 4.78 is 7.27. The van der Waals surface area contributed by atoms with Crippen molar-refractivity contribution in [3.8, 4) is 10.6 Å². The lowest BCUT2D eigenvalue weighted by atomic mass is 10.1. The summed E-state index contributed by atoms with van der Waals surface area (Å²) in [4.78, 5) is 10.1. The Morgan fingerprint density at radius 3 is 1.50 bits per heavy atom. The van der Waals surface area contributed by atoms with Crippen LogP contribution >= 0.6 is 11.3 Å². The van der Waals surface area contributed by atoms with E-state index in [-0.39, 0.29) is 0 Å². The molecule has 4 nitrogen and oxygen atoms in total. The molecular formula is C43H29N3OS. The number of hydrogen-bond donors (Lipinski definition) is 0. The lowest BCUT2D eigenvalue weighted by molar-refractivity contribution is 0.669. The van der Waals surface area contributed by atoms with E-state index in [0.29, 0.717) is 0 Å². The zero-order valence-electron chi connectivity index (χ0n) is 25.9. The predicted octanol–water partition coefficient (Wildman–Crippen LogP) is 12.8. The molecule has 9 aromatic rings. The molecule has 228 valence electrons. The summed E-state index contributed by atoms with van der Waals surface area (Å²) in [6.07, 6.45) is 0. The molecule has 0 saturated heterocycles. The van der Waals surface area contributed by atoms with Crippen molar-refractivity contribution in [2.75, 3.05) is 9.80 Å². The summed E-state index contributed by atoms with van der Waals surface area (Å²) in [6.45, 7) is 0. The van der Waals surface area contributed by atoms with Gasteiger partial charge >= 0.3 is 0 Å².